The number of hydrogen-bond donors (Lipinski definition) is 0. The smallest absolute Gasteiger partial charge is 0.118 e. The molecule has 0 radical (unpaired) electrons. The molecule has 1 nitrogen and oxygen atoms in total. The van der Waals surface area contributed by atoms with E-state index in [0.717, 1.165) is 5.92 Å². The Bertz CT molecular complexity index is 343. The van der Waals surface area contributed by atoms with Crippen molar-refractivity contribution in [3.8, 4) is 0 Å². The minimum atomic E-state index is 0.507. The van der Waals surface area contributed by atoms with E-state index < -0.39 is 0 Å². The zero-order chi connectivity index (χ0) is 11.4. The molecular formula is C15H26N+. The lowest BCUT2D eigenvalue weighted by atomic mass is 9.73. The number of rotatable bonds is 0. The molecule has 90 valence electrons. The quantitative estimate of drug-likeness (QED) is 0.433. The number of fused-ring (bicyclic) bond motifs is 2. The van der Waals surface area contributed by atoms with Crippen LogP contribution in [0.1, 0.15) is 52.4 Å². The molecule has 2 aliphatic heterocycles. The Labute approximate surface area is 100 Å². The van der Waals surface area contributed by atoms with Gasteiger partial charge in [-0.2, -0.15) is 0 Å². The number of nitrogens with zero attached hydrogens (tertiary/aromatic N) is 1. The van der Waals surface area contributed by atoms with Crippen LogP contribution < -0.4 is 0 Å². The van der Waals surface area contributed by atoms with Crippen LogP contribution in [0.5, 0.6) is 0 Å². The fraction of sp³-hybridized carbons (Fsp3) is 0.867. The Hall–Kier alpha value is -0.300. The second kappa shape index (κ2) is 3.35. The van der Waals surface area contributed by atoms with Crippen LogP contribution in [0, 0.1) is 5.92 Å². The summed E-state index contributed by atoms with van der Waals surface area (Å²) in [5.74, 6) is 0.920. The van der Waals surface area contributed by atoms with Crippen LogP contribution in [-0.4, -0.2) is 30.2 Å². The average molecular weight is 220 g/mol. The van der Waals surface area contributed by atoms with Crippen molar-refractivity contribution in [1.82, 2.24) is 0 Å². The molecule has 0 aromatic rings. The SMILES string of the molecule is C[C@@H]1C[C@]2(C)C3=C(CCCC3)CC[N+]2(C)C1. The van der Waals surface area contributed by atoms with Crippen LogP contribution in [0.25, 0.3) is 0 Å². The highest BCUT2D eigenvalue weighted by molar-refractivity contribution is 5.29. The Morgan fingerprint density at radius 1 is 1.19 bits per heavy atom. The van der Waals surface area contributed by atoms with Gasteiger partial charge in [0, 0.05) is 18.8 Å². The van der Waals surface area contributed by atoms with Gasteiger partial charge in [0.15, 0.2) is 0 Å². The normalized spacial score (nSPS) is 47.8. The molecule has 1 unspecified atom stereocenters. The molecule has 0 spiro atoms. The van der Waals surface area contributed by atoms with Crippen molar-refractivity contribution < 1.29 is 4.48 Å². The summed E-state index contributed by atoms with van der Waals surface area (Å²) in [4.78, 5) is 0. The molecule has 3 atom stereocenters. The van der Waals surface area contributed by atoms with Gasteiger partial charge < -0.3 is 4.48 Å². The van der Waals surface area contributed by atoms with Crippen molar-refractivity contribution in [3.63, 3.8) is 0 Å². The van der Waals surface area contributed by atoms with Gasteiger partial charge in [0.2, 0.25) is 0 Å². The Kier molecular flexibility index (Phi) is 2.27. The van der Waals surface area contributed by atoms with Gasteiger partial charge in [-0.3, -0.25) is 0 Å². The first-order valence-electron chi connectivity index (χ1n) is 7.11. The van der Waals surface area contributed by atoms with E-state index in [-0.39, 0.29) is 0 Å². The molecule has 0 amide bonds. The van der Waals surface area contributed by atoms with Crippen molar-refractivity contribution >= 4 is 0 Å². The van der Waals surface area contributed by atoms with E-state index in [1.807, 2.05) is 11.1 Å². The molecule has 0 aromatic carbocycles. The third-order valence-corrected chi connectivity index (χ3v) is 5.79. The van der Waals surface area contributed by atoms with E-state index >= 15 is 0 Å². The van der Waals surface area contributed by atoms with Crippen molar-refractivity contribution in [1.29, 1.82) is 0 Å². The van der Waals surface area contributed by atoms with Crippen molar-refractivity contribution in [2.24, 2.45) is 5.92 Å². The van der Waals surface area contributed by atoms with E-state index in [1.54, 1.807) is 0 Å². The standard InChI is InChI=1S/C15H26N/c1-12-10-15(2)14-7-5-4-6-13(14)8-9-16(15,3)11-12/h12H,4-11H2,1-3H3/q+1/t12-,15-,16?/m1/s1. The van der Waals surface area contributed by atoms with Gasteiger partial charge in [-0.1, -0.05) is 12.5 Å². The maximum Gasteiger partial charge on any atom is 0.118 e. The fourth-order valence-corrected chi connectivity index (χ4v) is 4.92. The zero-order valence-electron chi connectivity index (χ0n) is 11.2. The zero-order valence-corrected chi connectivity index (χ0v) is 11.2. The van der Waals surface area contributed by atoms with Gasteiger partial charge >= 0.3 is 0 Å². The van der Waals surface area contributed by atoms with Gasteiger partial charge in [-0.05, 0) is 38.2 Å². The van der Waals surface area contributed by atoms with Crippen LogP contribution in [0.2, 0.25) is 0 Å². The monoisotopic (exact) mass is 220 g/mol. The summed E-state index contributed by atoms with van der Waals surface area (Å²) in [6, 6.07) is 0. The highest BCUT2D eigenvalue weighted by Gasteiger charge is 2.56. The predicted octanol–water partition coefficient (Wildman–Crippen LogP) is 3.51. The molecule has 2 heterocycles. The second-order valence-corrected chi connectivity index (χ2v) is 6.92. The maximum atomic E-state index is 2.57. The summed E-state index contributed by atoms with van der Waals surface area (Å²) >= 11 is 0. The first-order valence-corrected chi connectivity index (χ1v) is 7.11. The van der Waals surface area contributed by atoms with Gasteiger partial charge in [0.25, 0.3) is 0 Å². The van der Waals surface area contributed by atoms with Crippen molar-refractivity contribution in [2.45, 2.75) is 57.9 Å². The first kappa shape index (κ1) is 10.8. The lowest BCUT2D eigenvalue weighted by molar-refractivity contribution is -0.941. The summed E-state index contributed by atoms with van der Waals surface area (Å²) in [6.45, 7) is 7.83. The number of likely N-dealkylation sites (N-methyl/N-ethyl adjacent to an activating group) is 1. The van der Waals surface area contributed by atoms with Crippen molar-refractivity contribution in [3.05, 3.63) is 11.1 Å². The van der Waals surface area contributed by atoms with E-state index in [0.29, 0.717) is 5.54 Å². The molecular weight excluding hydrogens is 194 g/mol. The summed E-state index contributed by atoms with van der Waals surface area (Å²) in [6.07, 6.45) is 8.55. The molecule has 0 bridgehead atoms. The van der Waals surface area contributed by atoms with E-state index in [4.69, 9.17) is 0 Å². The Balaban J connectivity index is 2.06. The summed E-state index contributed by atoms with van der Waals surface area (Å²) in [5.41, 5.74) is 4.25. The van der Waals surface area contributed by atoms with Gasteiger partial charge in [0.1, 0.15) is 5.54 Å². The largest absolute Gasteiger partial charge is 0.317 e. The Morgan fingerprint density at radius 2 is 1.94 bits per heavy atom. The lowest BCUT2D eigenvalue weighted by Gasteiger charge is -2.51. The van der Waals surface area contributed by atoms with Crippen LogP contribution in [0.4, 0.5) is 0 Å². The third kappa shape index (κ3) is 1.27. The molecule has 1 saturated heterocycles. The predicted molar refractivity (Wildman–Crippen MR) is 68.2 cm³/mol. The average Bonchev–Trinajstić information content (AvgIpc) is 2.49. The molecule has 0 N–H and O–H groups in total. The molecule has 1 fully saturated rings. The second-order valence-electron chi connectivity index (χ2n) is 6.92. The minimum absolute atomic E-state index is 0.507. The van der Waals surface area contributed by atoms with Crippen LogP contribution in [0.3, 0.4) is 0 Å². The molecule has 1 heteroatoms. The molecule has 1 aliphatic carbocycles. The van der Waals surface area contributed by atoms with Crippen LogP contribution in [0.15, 0.2) is 11.1 Å². The molecule has 3 aliphatic rings. The van der Waals surface area contributed by atoms with Gasteiger partial charge in [0.05, 0.1) is 20.1 Å². The summed E-state index contributed by atoms with van der Waals surface area (Å²) in [7, 11) is 2.52. The van der Waals surface area contributed by atoms with E-state index in [1.165, 1.54) is 56.1 Å². The summed E-state index contributed by atoms with van der Waals surface area (Å²) < 4.78 is 1.34. The van der Waals surface area contributed by atoms with Crippen molar-refractivity contribution in [2.75, 3.05) is 20.1 Å². The maximum absolute atomic E-state index is 2.57. The number of hydrogen-bond acceptors (Lipinski definition) is 0. The minimum Gasteiger partial charge on any atom is -0.317 e. The fourth-order valence-electron chi connectivity index (χ4n) is 4.92. The summed E-state index contributed by atoms with van der Waals surface area (Å²) in [5, 5.41) is 0. The molecule has 0 aromatic heterocycles. The third-order valence-electron chi connectivity index (χ3n) is 5.79. The Morgan fingerprint density at radius 3 is 2.75 bits per heavy atom. The van der Waals surface area contributed by atoms with E-state index in [9.17, 15) is 0 Å². The van der Waals surface area contributed by atoms with Gasteiger partial charge in [-0.15, -0.1) is 0 Å². The first-order chi connectivity index (χ1) is 7.55. The highest BCUT2D eigenvalue weighted by atomic mass is 15.4. The molecule has 0 saturated carbocycles. The van der Waals surface area contributed by atoms with Gasteiger partial charge in [-0.25, -0.2) is 0 Å². The van der Waals surface area contributed by atoms with Crippen LogP contribution >= 0.6 is 0 Å². The molecule has 16 heavy (non-hydrogen) atoms. The van der Waals surface area contributed by atoms with E-state index in [2.05, 4.69) is 20.9 Å². The van der Waals surface area contributed by atoms with Crippen LogP contribution in [-0.2, 0) is 0 Å². The lowest BCUT2D eigenvalue weighted by Crippen LogP contribution is -2.60. The number of quaternary nitrogens is 1. The highest BCUT2D eigenvalue weighted by Crippen LogP contribution is 2.51. The molecule has 3 rings (SSSR count). The topological polar surface area (TPSA) is 0 Å².